The van der Waals surface area contributed by atoms with Gasteiger partial charge in [0.25, 0.3) is 0 Å². The van der Waals surface area contributed by atoms with Crippen LogP contribution in [0.15, 0.2) is 37.8 Å². The second kappa shape index (κ2) is 8.53. The maximum Gasteiger partial charge on any atom is 0.185 e. The first kappa shape index (κ1) is 16.4. The van der Waals surface area contributed by atoms with Crippen LogP contribution in [0.4, 0.5) is 0 Å². The molecule has 0 N–H and O–H groups in total. The Kier molecular flexibility index (Phi) is 7.01. The molecule has 2 aromatic heterocycles. The molecule has 1 fully saturated rings. The van der Waals surface area contributed by atoms with E-state index in [1.54, 1.807) is 18.2 Å². The highest BCUT2D eigenvalue weighted by Gasteiger charge is 2.26. The van der Waals surface area contributed by atoms with E-state index in [9.17, 15) is 9.59 Å². The predicted molar refractivity (Wildman–Crippen MR) is 79.2 cm³/mol. The zero-order valence-corrected chi connectivity index (χ0v) is 13.1. The van der Waals surface area contributed by atoms with Crippen LogP contribution in [-0.4, -0.2) is 12.6 Å². The molecule has 0 unspecified atom stereocenters. The molecule has 0 aromatic carbocycles. The number of aldehydes is 2. The molecule has 20 heavy (non-hydrogen) atoms. The van der Waals surface area contributed by atoms with Crippen molar-refractivity contribution in [2.45, 2.75) is 32.6 Å². The molecule has 0 saturated heterocycles. The second-order valence-corrected chi connectivity index (χ2v) is 4.67. The molecule has 0 radical (unpaired) electrons. The highest BCUT2D eigenvalue weighted by Crippen LogP contribution is 2.40. The van der Waals surface area contributed by atoms with Crippen LogP contribution in [-0.2, 0) is 0 Å². The first-order chi connectivity index (χ1) is 9.72. The zero-order valence-electron chi connectivity index (χ0n) is 11.5. The van der Waals surface area contributed by atoms with Crippen LogP contribution in [0.5, 0.6) is 0 Å². The Bertz CT molecular complexity index is 538. The number of halogens is 1. The minimum atomic E-state index is 0.344. The topological polar surface area (TPSA) is 60.4 Å². The Morgan fingerprint density at radius 2 is 1.55 bits per heavy atom. The fourth-order valence-electron chi connectivity index (χ4n) is 1.41. The summed E-state index contributed by atoms with van der Waals surface area (Å²) in [5.41, 5.74) is 0. The van der Waals surface area contributed by atoms with E-state index in [0.29, 0.717) is 28.4 Å². The average molecular weight is 341 g/mol. The lowest BCUT2D eigenvalue weighted by Gasteiger charge is -1.85. The summed E-state index contributed by atoms with van der Waals surface area (Å²) < 4.78 is 10.6. The summed E-state index contributed by atoms with van der Waals surface area (Å²) in [6.45, 7) is 4.00. The van der Waals surface area contributed by atoms with Crippen molar-refractivity contribution in [3.63, 3.8) is 0 Å². The quantitative estimate of drug-likeness (QED) is 0.749. The molecular formula is C15H17BrO4. The Balaban J connectivity index is 0.000000182. The van der Waals surface area contributed by atoms with Crippen molar-refractivity contribution in [3.05, 3.63) is 46.2 Å². The van der Waals surface area contributed by atoms with Crippen LogP contribution in [0.3, 0.4) is 0 Å². The number of hydrogen-bond donors (Lipinski definition) is 0. The molecule has 0 aliphatic heterocycles. The first-order valence-electron chi connectivity index (χ1n) is 6.48. The molecule has 2 aromatic rings. The third kappa shape index (κ3) is 5.17. The van der Waals surface area contributed by atoms with Crippen molar-refractivity contribution >= 4 is 28.5 Å². The minimum absolute atomic E-state index is 0.344. The largest absolute Gasteiger partial charge is 0.458 e. The maximum absolute atomic E-state index is 10.2. The third-order valence-corrected chi connectivity index (χ3v) is 2.88. The van der Waals surface area contributed by atoms with E-state index < -0.39 is 0 Å². The van der Waals surface area contributed by atoms with Gasteiger partial charge in [-0.15, -0.1) is 0 Å². The third-order valence-electron chi connectivity index (χ3n) is 2.45. The fraction of sp³-hybridized carbons (Fsp3) is 0.333. The number of hydrogen-bond acceptors (Lipinski definition) is 4. The molecular weight excluding hydrogens is 324 g/mol. The first-order valence-corrected chi connectivity index (χ1v) is 7.27. The molecule has 0 atom stereocenters. The lowest BCUT2D eigenvalue weighted by Crippen LogP contribution is -1.71. The Labute approximate surface area is 126 Å². The summed E-state index contributed by atoms with van der Waals surface area (Å²) in [7, 11) is 0. The lowest BCUT2D eigenvalue weighted by molar-refractivity contribution is 0.109. The molecule has 0 amide bonds. The Morgan fingerprint density at radius 3 is 1.90 bits per heavy atom. The molecule has 5 heteroatoms. The molecule has 1 saturated carbocycles. The second-order valence-electron chi connectivity index (χ2n) is 3.89. The Morgan fingerprint density at radius 1 is 1.00 bits per heavy atom. The molecule has 1 aliphatic carbocycles. The van der Waals surface area contributed by atoms with Gasteiger partial charge in [-0.2, -0.15) is 0 Å². The highest BCUT2D eigenvalue weighted by molar-refractivity contribution is 9.10. The van der Waals surface area contributed by atoms with Gasteiger partial charge >= 0.3 is 0 Å². The standard InChI is InChI=1S/C8H8O2.C5H3BrO2.C2H6/c9-5-7-3-4-8(10-7)6-1-2-6;6-5-2-1-4(3-7)8-5;1-2/h3-6H,1-2H2;1-3H;1-2H3. The van der Waals surface area contributed by atoms with Gasteiger partial charge in [-0.1, -0.05) is 13.8 Å². The normalized spacial score (nSPS) is 12.6. The van der Waals surface area contributed by atoms with E-state index in [0.717, 1.165) is 12.0 Å². The minimum Gasteiger partial charge on any atom is -0.458 e. The van der Waals surface area contributed by atoms with Crippen molar-refractivity contribution < 1.29 is 18.4 Å². The van der Waals surface area contributed by atoms with Gasteiger partial charge in [0.15, 0.2) is 28.8 Å². The molecule has 0 spiro atoms. The fourth-order valence-corrected chi connectivity index (χ4v) is 1.73. The van der Waals surface area contributed by atoms with Crippen LogP contribution in [0.1, 0.15) is 59.5 Å². The van der Waals surface area contributed by atoms with Gasteiger partial charge < -0.3 is 8.83 Å². The van der Waals surface area contributed by atoms with E-state index in [4.69, 9.17) is 8.83 Å². The number of carbonyl (C=O) groups is 2. The van der Waals surface area contributed by atoms with Crippen molar-refractivity contribution in [2.24, 2.45) is 0 Å². The average Bonchev–Trinajstić information content (AvgIpc) is 3.08. The number of furan rings is 2. The highest BCUT2D eigenvalue weighted by atomic mass is 79.9. The smallest absolute Gasteiger partial charge is 0.185 e. The maximum atomic E-state index is 10.2. The SMILES string of the molecule is CC.O=Cc1ccc(Br)o1.O=Cc1ccc(C2CC2)o1. The molecule has 108 valence electrons. The van der Waals surface area contributed by atoms with Crippen LogP contribution in [0, 0.1) is 0 Å². The monoisotopic (exact) mass is 340 g/mol. The summed E-state index contributed by atoms with van der Waals surface area (Å²) in [5.74, 6) is 2.37. The van der Waals surface area contributed by atoms with Crippen LogP contribution in [0.2, 0.25) is 0 Å². The number of carbonyl (C=O) groups excluding carboxylic acids is 2. The van der Waals surface area contributed by atoms with Crippen LogP contribution < -0.4 is 0 Å². The summed E-state index contributed by atoms with van der Waals surface area (Å²) >= 11 is 3.05. The lowest BCUT2D eigenvalue weighted by atomic mass is 10.3. The van der Waals surface area contributed by atoms with E-state index in [1.807, 2.05) is 19.9 Å². The van der Waals surface area contributed by atoms with Gasteiger partial charge in [-0.3, -0.25) is 9.59 Å². The van der Waals surface area contributed by atoms with E-state index >= 15 is 0 Å². The molecule has 3 rings (SSSR count). The molecule has 2 heterocycles. The summed E-state index contributed by atoms with van der Waals surface area (Å²) in [4.78, 5) is 20.1. The van der Waals surface area contributed by atoms with Gasteiger partial charge in [0.1, 0.15) is 5.76 Å². The van der Waals surface area contributed by atoms with E-state index in [2.05, 4.69) is 15.9 Å². The van der Waals surface area contributed by atoms with Crippen molar-refractivity contribution in [3.8, 4) is 0 Å². The van der Waals surface area contributed by atoms with Crippen molar-refractivity contribution in [1.82, 2.24) is 0 Å². The zero-order chi connectivity index (χ0) is 15.0. The van der Waals surface area contributed by atoms with E-state index in [1.165, 1.54) is 12.8 Å². The summed E-state index contributed by atoms with van der Waals surface area (Å²) in [6, 6.07) is 6.88. The Hall–Kier alpha value is -1.62. The van der Waals surface area contributed by atoms with Gasteiger partial charge in [-0.05, 0) is 53.0 Å². The van der Waals surface area contributed by atoms with Crippen LogP contribution in [0.25, 0.3) is 0 Å². The van der Waals surface area contributed by atoms with Gasteiger partial charge in [-0.25, -0.2) is 0 Å². The van der Waals surface area contributed by atoms with Gasteiger partial charge in [0, 0.05) is 5.92 Å². The molecule has 0 bridgehead atoms. The summed E-state index contributed by atoms with van der Waals surface area (Å²) in [6.07, 6.45) is 3.83. The van der Waals surface area contributed by atoms with Crippen LogP contribution >= 0.6 is 15.9 Å². The van der Waals surface area contributed by atoms with Crippen molar-refractivity contribution in [1.29, 1.82) is 0 Å². The predicted octanol–water partition coefficient (Wildman–Crippen LogP) is 4.85. The van der Waals surface area contributed by atoms with E-state index in [-0.39, 0.29) is 0 Å². The van der Waals surface area contributed by atoms with Gasteiger partial charge in [0.2, 0.25) is 0 Å². The van der Waals surface area contributed by atoms with Crippen molar-refractivity contribution in [2.75, 3.05) is 0 Å². The summed E-state index contributed by atoms with van der Waals surface area (Å²) in [5, 5.41) is 0. The molecule has 1 aliphatic rings. The number of rotatable bonds is 3. The molecule has 4 nitrogen and oxygen atoms in total. The van der Waals surface area contributed by atoms with Gasteiger partial charge in [0.05, 0.1) is 0 Å².